The van der Waals surface area contributed by atoms with Crippen LogP contribution in [0.2, 0.25) is 0 Å². The molecule has 0 saturated heterocycles. The average molecular weight is 217 g/mol. The first-order chi connectivity index (χ1) is 8.88. The zero-order valence-electron chi connectivity index (χ0n) is 11.9. The first-order valence-corrected chi connectivity index (χ1v) is 5.07. The number of nitrogens with zero attached hydrogens (tertiary/aromatic N) is 3. The van der Waals surface area contributed by atoms with E-state index < -0.39 is 6.98 Å². The number of rotatable bonds is 0. The molecule has 1 aromatic carbocycles. The lowest BCUT2D eigenvalue weighted by molar-refractivity contribution is 0.770. The summed E-state index contributed by atoms with van der Waals surface area (Å²) in [5.41, 5.74) is 9.46. The average Bonchev–Trinajstić information content (AvgIpc) is 2.67. The molecule has 0 spiro atoms. The summed E-state index contributed by atoms with van der Waals surface area (Å²) in [6.45, 7) is -1.93. The van der Waals surface area contributed by atoms with Gasteiger partial charge in [-0.3, -0.25) is 4.68 Å². The Kier molecular flexibility index (Phi) is 1.24. The van der Waals surface area contributed by atoms with E-state index in [1.54, 1.807) is 10.7 Å². The standard InChI is InChI=1S/C12H14N4/c1-15-6-8-7-16(2)14-11(8)9-4-3-5-10(13)12(9)15/h3-5,7H,6,13H2,1-2H3/i1D3. The molecule has 0 atom stereocenters. The first-order valence-electron chi connectivity index (χ1n) is 6.57. The van der Waals surface area contributed by atoms with E-state index in [0.29, 0.717) is 17.9 Å². The van der Waals surface area contributed by atoms with Crippen LogP contribution >= 0.6 is 0 Å². The van der Waals surface area contributed by atoms with Crippen LogP contribution in [0.4, 0.5) is 11.4 Å². The number of nitrogen functional groups attached to an aromatic ring is 1. The van der Waals surface area contributed by atoms with Gasteiger partial charge in [0, 0.05) is 42.0 Å². The van der Waals surface area contributed by atoms with Gasteiger partial charge in [-0.25, -0.2) is 0 Å². The molecule has 1 aliphatic rings. The number of fused-ring (bicyclic) bond motifs is 3. The Morgan fingerprint density at radius 3 is 3.19 bits per heavy atom. The predicted molar refractivity (Wildman–Crippen MR) is 65.2 cm³/mol. The number of anilines is 2. The van der Waals surface area contributed by atoms with Gasteiger partial charge in [0.2, 0.25) is 0 Å². The van der Waals surface area contributed by atoms with Crippen LogP contribution in [0.1, 0.15) is 9.68 Å². The summed E-state index contributed by atoms with van der Waals surface area (Å²) in [6.07, 6.45) is 1.85. The molecule has 0 saturated carbocycles. The Bertz CT molecular complexity index is 645. The second-order valence-corrected chi connectivity index (χ2v) is 4.01. The van der Waals surface area contributed by atoms with Gasteiger partial charge in [0.1, 0.15) is 0 Å². The number of para-hydroxylation sites is 1. The van der Waals surface area contributed by atoms with Crippen molar-refractivity contribution >= 4 is 11.4 Å². The molecular weight excluding hydrogens is 200 g/mol. The van der Waals surface area contributed by atoms with Crippen LogP contribution in [0.25, 0.3) is 11.3 Å². The smallest absolute Gasteiger partial charge is 0.0994 e. The van der Waals surface area contributed by atoms with Gasteiger partial charge in [-0.1, -0.05) is 12.1 Å². The van der Waals surface area contributed by atoms with Crippen LogP contribution in [-0.2, 0) is 13.6 Å². The molecule has 0 radical (unpaired) electrons. The van der Waals surface area contributed by atoms with Gasteiger partial charge in [-0.2, -0.15) is 5.10 Å². The maximum Gasteiger partial charge on any atom is 0.0994 e. The van der Waals surface area contributed by atoms with E-state index in [0.717, 1.165) is 16.8 Å². The van der Waals surface area contributed by atoms with Crippen molar-refractivity contribution in [2.75, 3.05) is 17.6 Å². The summed E-state index contributed by atoms with van der Waals surface area (Å²) < 4.78 is 24.7. The molecule has 0 bridgehead atoms. The molecule has 4 heteroatoms. The second-order valence-electron chi connectivity index (χ2n) is 4.01. The Morgan fingerprint density at radius 1 is 1.50 bits per heavy atom. The van der Waals surface area contributed by atoms with Gasteiger partial charge in [0.15, 0.2) is 0 Å². The van der Waals surface area contributed by atoms with E-state index in [2.05, 4.69) is 5.10 Å². The van der Waals surface area contributed by atoms with Crippen molar-refractivity contribution in [2.45, 2.75) is 6.54 Å². The Balaban J connectivity index is 2.28. The molecule has 1 aromatic heterocycles. The first kappa shape index (κ1) is 6.58. The maximum absolute atomic E-state index is 7.68. The van der Waals surface area contributed by atoms with Gasteiger partial charge >= 0.3 is 0 Å². The number of nitrogens with two attached hydrogens (primary N) is 1. The van der Waals surface area contributed by atoms with Crippen molar-refractivity contribution in [2.24, 2.45) is 7.05 Å². The topological polar surface area (TPSA) is 47.1 Å². The molecule has 2 N–H and O–H groups in total. The molecule has 0 fully saturated rings. The van der Waals surface area contributed by atoms with Crippen molar-refractivity contribution in [1.82, 2.24) is 9.78 Å². The third-order valence-corrected chi connectivity index (χ3v) is 2.83. The monoisotopic (exact) mass is 217 g/mol. The largest absolute Gasteiger partial charge is 0.397 e. The number of hydrogen-bond acceptors (Lipinski definition) is 3. The Hall–Kier alpha value is -1.97. The highest BCUT2D eigenvalue weighted by molar-refractivity contribution is 5.88. The van der Waals surface area contributed by atoms with Crippen LogP contribution in [0.15, 0.2) is 24.4 Å². The van der Waals surface area contributed by atoms with Gasteiger partial charge < -0.3 is 10.6 Å². The highest BCUT2D eigenvalue weighted by Crippen LogP contribution is 2.40. The zero-order chi connectivity index (χ0) is 13.8. The van der Waals surface area contributed by atoms with Gasteiger partial charge in [-0.05, 0) is 6.07 Å². The molecule has 0 unspecified atom stereocenters. The molecule has 16 heavy (non-hydrogen) atoms. The van der Waals surface area contributed by atoms with Gasteiger partial charge in [0.25, 0.3) is 0 Å². The predicted octanol–water partition coefficient (Wildman–Crippen LogP) is 1.62. The van der Waals surface area contributed by atoms with Crippen molar-refractivity contribution < 1.29 is 4.11 Å². The third kappa shape index (κ3) is 1.13. The minimum Gasteiger partial charge on any atom is -0.397 e. The number of aromatic nitrogens is 2. The summed E-state index contributed by atoms with van der Waals surface area (Å²) in [5, 5.41) is 4.40. The molecule has 0 amide bonds. The quantitative estimate of drug-likeness (QED) is 0.682. The molecular formula is C12H14N4. The third-order valence-electron chi connectivity index (χ3n) is 2.83. The van der Waals surface area contributed by atoms with Crippen LogP contribution in [-0.4, -0.2) is 16.8 Å². The molecule has 2 aromatic rings. The molecule has 1 aliphatic heterocycles. The van der Waals surface area contributed by atoms with Crippen LogP contribution in [0.5, 0.6) is 0 Å². The SMILES string of the molecule is [2H]C([2H])([2H])N1Cc2cn(C)nc2-c2cccc(N)c21. The van der Waals surface area contributed by atoms with Gasteiger partial charge in [-0.15, -0.1) is 0 Å². The lowest BCUT2D eigenvalue weighted by Gasteiger charge is -2.27. The Morgan fingerprint density at radius 2 is 2.38 bits per heavy atom. The molecule has 3 rings (SSSR count). The van der Waals surface area contributed by atoms with Crippen LogP contribution in [0.3, 0.4) is 0 Å². The van der Waals surface area contributed by atoms with Crippen molar-refractivity contribution in [3.05, 3.63) is 30.0 Å². The molecule has 4 nitrogen and oxygen atoms in total. The van der Waals surface area contributed by atoms with Crippen LogP contribution < -0.4 is 10.6 Å². The fourth-order valence-electron chi connectivity index (χ4n) is 2.18. The van der Waals surface area contributed by atoms with E-state index in [1.807, 2.05) is 25.4 Å². The lowest BCUT2D eigenvalue weighted by Crippen LogP contribution is -2.22. The normalized spacial score (nSPS) is 17.1. The summed E-state index contributed by atoms with van der Waals surface area (Å²) in [6, 6.07) is 5.39. The summed E-state index contributed by atoms with van der Waals surface area (Å²) >= 11 is 0. The van der Waals surface area contributed by atoms with Crippen molar-refractivity contribution in [3.63, 3.8) is 0 Å². The lowest BCUT2D eigenvalue weighted by atomic mass is 10.00. The van der Waals surface area contributed by atoms with E-state index in [4.69, 9.17) is 9.85 Å². The molecule has 82 valence electrons. The second kappa shape index (κ2) is 3.01. The van der Waals surface area contributed by atoms with Crippen molar-refractivity contribution in [3.8, 4) is 11.3 Å². The van der Waals surface area contributed by atoms with E-state index in [9.17, 15) is 0 Å². The number of benzene rings is 1. The Labute approximate surface area is 98.5 Å². The van der Waals surface area contributed by atoms with E-state index >= 15 is 0 Å². The number of aryl methyl sites for hydroxylation is 1. The zero-order valence-corrected chi connectivity index (χ0v) is 8.94. The minimum atomic E-state index is -2.22. The fourth-order valence-corrected chi connectivity index (χ4v) is 2.18. The van der Waals surface area contributed by atoms with Crippen LogP contribution in [0, 0.1) is 0 Å². The summed E-state index contributed by atoms with van der Waals surface area (Å²) in [7, 11) is 1.82. The van der Waals surface area contributed by atoms with E-state index in [-0.39, 0.29) is 0 Å². The number of hydrogen-bond donors (Lipinski definition) is 1. The van der Waals surface area contributed by atoms with Gasteiger partial charge in [0.05, 0.1) is 17.1 Å². The highest BCUT2D eigenvalue weighted by atomic mass is 15.3. The minimum absolute atomic E-state index is 0.293. The maximum atomic E-state index is 7.68. The highest BCUT2D eigenvalue weighted by Gasteiger charge is 2.23. The summed E-state index contributed by atoms with van der Waals surface area (Å²) in [4.78, 5) is 1.36. The summed E-state index contributed by atoms with van der Waals surface area (Å²) in [5.74, 6) is 0. The fraction of sp³-hybridized carbons (Fsp3) is 0.250. The van der Waals surface area contributed by atoms with Crippen molar-refractivity contribution in [1.29, 1.82) is 0 Å². The molecule has 0 aliphatic carbocycles. The van der Waals surface area contributed by atoms with E-state index in [1.165, 1.54) is 4.90 Å². The molecule has 2 heterocycles.